The minimum atomic E-state index is -1.62. The number of carbonyl (C=O) groups excluding carboxylic acids is 2. The van der Waals surface area contributed by atoms with Crippen LogP contribution in [0.3, 0.4) is 0 Å². The van der Waals surface area contributed by atoms with Gasteiger partial charge in [0.2, 0.25) is 5.91 Å². The average Bonchev–Trinajstić information content (AvgIpc) is 3.46. The molecule has 0 aromatic heterocycles. The fourth-order valence-electron chi connectivity index (χ4n) is 10.3. The molecule has 11 heteroatoms. The Hall–Kier alpha value is -2.64. The molecule has 1 amide bonds. The Bertz CT molecular complexity index is 1530. The quantitative estimate of drug-likeness (QED) is 0.0195. The van der Waals surface area contributed by atoms with Crippen molar-refractivity contribution < 1.29 is 49.3 Å². The van der Waals surface area contributed by atoms with Crippen LogP contribution in [0.15, 0.2) is 60.8 Å². The van der Waals surface area contributed by atoms with Gasteiger partial charge >= 0.3 is 5.97 Å². The zero-order valence-corrected chi connectivity index (χ0v) is 51.7. The van der Waals surface area contributed by atoms with Gasteiger partial charge in [0.25, 0.3) is 0 Å². The minimum Gasteiger partial charge on any atom is -0.454 e. The second kappa shape index (κ2) is 56.8. The molecule has 80 heavy (non-hydrogen) atoms. The van der Waals surface area contributed by atoms with Gasteiger partial charge in [-0.05, 0) is 89.9 Å². The van der Waals surface area contributed by atoms with Crippen LogP contribution in [0.5, 0.6) is 0 Å². The second-order valence-corrected chi connectivity index (χ2v) is 23.2. The topological polar surface area (TPSA) is 175 Å². The molecule has 11 nitrogen and oxygen atoms in total. The zero-order chi connectivity index (χ0) is 58.2. The maximum Gasteiger partial charge on any atom is 0.306 e. The van der Waals surface area contributed by atoms with Gasteiger partial charge in [-0.25, -0.2) is 0 Å². The summed E-state index contributed by atoms with van der Waals surface area (Å²) in [7, 11) is 0. The van der Waals surface area contributed by atoms with Crippen molar-refractivity contribution in [2.75, 3.05) is 13.2 Å². The van der Waals surface area contributed by atoms with Crippen LogP contribution in [0.4, 0.5) is 0 Å². The number of carbonyl (C=O) groups is 2. The molecule has 0 aromatic rings. The highest BCUT2D eigenvalue weighted by Gasteiger charge is 2.47. The number of amides is 1. The first-order valence-corrected chi connectivity index (χ1v) is 33.6. The second-order valence-electron chi connectivity index (χ2n) is 23.2. The Kier molecular flexibility index (Phi) is 53.5. The van der Waals surface area contributed by atoms with Crippen molar-refractivity contribution in [2.45, 2.75) is 352 Å². The fourth-order valence-corrected chi connectivity index (χ4v) is 10.3. The molecular weight excluding hydrogens is 1000 g/mol. The maximum atomic E-state index is 13.4. The van der Waals surface area contributed by atoms with Crippen molar-refractivity contribution in [3.63, 3.8) is 0 Å². The van der Waals surface area contributed by atoms with E-state index in [1.54, 1.807) is 6.08 Å². The monoisotopic (exact) mass is 1130 g/mol. The largest absolute Gasteiger partial charge is 0.454 e. The number of allylic oxidation sites excluding steroid dienone is 9. The minimum absolute atomic E-state index is 0.121. The molecule has 8 atom stereocenters. The van der Waals surface area contributed by atoms with Crippen molar-refractivity contribution >= 4 is 11.9 Å². The predicted molar refractivity (Wildman–Crippen MR) is 333 cm³/mol. The number of nitrogens with one attached hydrogen (secondary N) is 1. The predicted octanol–water partition coefficient (Wildman–Crippen LogP) is 16.6. The van der Waals surface area contributed by atoms with Crippen LogP contribution in [0.2, 0.25) is 0 Å². The van der Waals surface area contributed by atoms with Gasteiger partial charge in [0.15, 0.2) is 12.4 Å². The number of hydrogen-bond donors (Lipinski definition) is 6. The van der Waals surface area contributed by atoms with E-state index in [4.69, 9.17) is 14.2 Å². The Morgan fingerprint density at radius 1 is 0.487 bits per heavy atom. The molecule has 0 saturated carbocycles. The van der Waals surface area contributed by atoms with Crippen molar-refractivity contribution in [1.82, 2.24) is 5.32 Å². The number of unbranched alkanes of at least 4 members (excludes halogenated alkanes) is 35. The van der Waals surface area contributed by atoms with Gasteiger partial charge in [-0.1, -0.05) is 268 Å². The summed E-state index contributed by atoms with van der Waals surface area (Å²) in [6.07, 6.45) is 61.2. The molecule has 0 bridgehead atoms. The molecule has 1 rings (SSSR count). The third-order valence-corrected chi connectivity index (χ3v) is 15.6. The molecule has 0 aromatic carbocycles. The van der Waals surface area contributed by atoms with Gasteiger partial charge in [-0.2, -0.15) is 0 Å². The van der Waals surface area contributed by atoms with E-state index in [-0.39, 0.29) is 19.4 Å². The Balaban J connectivity index is 2.61. The van der Waals surface area contributed by atoms with Crippen LogP contribution >= 0.6 is 0 Å². The summed E-state index contributed by atoms with van der Waals surface area (Å²) in [5.41, 5.74) is 0. The van der Waals surface area contributed by atoms with E-state index >= 15 is 0 Å². The molecule has 0 spiro atoms. The first-order valence-electron chi connectivity index (χ1n) is 33.6. The van der Waals surface area contributed by atoms with Crippen LogP contribution in [-0.4, -0.2) is 99.6 Å². The zero-order valence-electron chi connectivity index (χ0n) is 51.7. The summed E-state index contributed by atoms with van der Waals surface area (Å²) in [6, 6.07) is -1.04. The lowest BCUT2D eigenvalue weighted by molar-refractivity contribution is -0.305. The number of rotatable bonds is 57. The highest BCUT2D eigenvalue weighted by atomic mass is 16.7. The van der Waals surface area contributed by atoms with Gasteiger partial charge in [-0.3, -0.25) is 9.59 Å². The lowest BCUT2D eigenvalue weighted by atomic mass is 9.99. The number of esters is 1. The molecule has 0 radical (unpaired) electrons. The standard InChI is InChI=1S/C69H125NO10/c1-4-7-10-13-16-19-22-25-27-29-30-31-32-33-34-35-37-39-42-45-48-51-54-57-64(74)80-67-66(76)65(75)63(58-71)79-69(67)78-59-60(61(72)55-52-49-46-43-40-24-21-18-15-12-9-6-3)70-68(77)62(73)56-53-50-47-44-41-38-36-28-26-23-20-17-14-11-8-5-2/h17,20,25-28,38,41,52,55,60-63,65-67,69,71-73,75-76H,4-16,18-19,21-24,29-37,39-40,42-51,53-54,56-59H2,1-3H3,(H,70,77)/b20-17-,27-25+,28-26-,41-38-,55-52+. The number of aliphatic hydroxyl groups excluding tert-OH is 5. The lowest BCUT2D eigenvalue weighted by Gasteiger charge is -2.41. The normalized spacial score (nSPS) is 19.1. The van der Waals surface area contributed by atoms with E-state index < -0.39 is 67.4 Å². The third kappa shape index (κ3) is 44.0. The molecule has 1 heterocycles. The van der Waals surface area contributed by atoms with Gasteiger partial charge in [0, 0.05) is 6.42 Å². The maximum absolute atomic E-state index is 13.4. The van der Waals surface area contributed by atoms with E-state index in [9.17, 15) is 35.1 Å². The van der Waals surface area contributed by atoms with Crippen LogP contribution in [-0.2, 0) is 23.8 Å². The molecule has 1 aliphatic rings. The van der Waals surface area contributed by atoms with E-state index in [2.05, 4.69) is 74.7 Å². The van der Waals surface area contributed by atoms with E-state index in [0.717, 1.165) is 77.0 Å². The van der Waals surface area contributed by atoms with Gasteiger partial charge in [-0.15, -0.1) is 0 Å². The Labute approximate surface area is 490 Å². The van der Waals surface area contributed by atoms with Crippen molar-refractivity contribution in [2.24, 2.45) is 0 Å². The first-order chi connectivity index (χ1) is 39.2. The van der Waals surface area contributed by atoms with Gasteiger partial charge in [0.05, 0.1) is 25.4 Å². The molecular formula is C69H125NO10. The Morgan fingerprint density at radius 3 is 1.32 bits per heavy atom. The molecule has 1 fully saturated rings. The summed E-state index contributed by atoms with van der Waals surface area (Å²) in [5, 5.41) is 57.1. The SMILES string of the molecule is CCCCC/C=C\C/C=C\C/C=C\CCCCCC(O)C(=O)NC(COC1OC(CO)C(O)C(O)C1OC(=O)CCCCCCCCCCCCCCC/C=C/CCCCCCCC)C(O)/C=C/CCCCCCCCCCCC. The van der Waals surface area contributed by atoms with Crippen molar-refractivity contribution in [1.29, 1.82) is 0 Å². The lowest BCUT2D eigenvalue weighted by Crippen LogP contribution is -2.61. The van der Waals surface area contributed by atoms with Crippen molar-refractivity contribution in [3.05, 3.63) is 60.8 Å². The summed E-state index contributed by atoms with van der Waals surface area (Å²) < 4.78 is 17.7. The van der Waals surface area contributed by atoms with Crippen LogP contribution in [0.1, 0.15) is 303 Å². The highest BCUT2D eigenvalue weighted by molar-refractivity contribution is 5.80. The first kappa shape index (κ1) is 75.4. The smallest absolute Gasteiger partial charge is 0.306 e. The Morgan fingerprint density at radius 2 is 0.863 bits per heavy atom. The summed E-state index contributed by atoms with van der Waals surface area (Å²) in [5.74, 6) is -1.21. The van der Waals surface area contributed by atoms with Crippen LogP contribution < -0.4 is 5.32 Å². The summed E-state index contributed by atoms with van der Waals surface area (Å²) in [6.45, 7) is 5.76. The average molecular weight is 1130 g/mol. The molecule has 8 unspecified atom stereocenters. The van der Waals surface area contributed by atoms with Crippen LogP contribution in [0.25, 0.3) is 0 Å². The molecule has 466 valence electrons. The van der Waals surface area contributed by atoms with Crippen molar-refractivity contribution in [3.8, 4) is 0 Å². The number of ether oxygens (including phenoxy) is 3. The third-order valence-electron chi connectivity index (χ3n) is 15.6. The highest BCUT2D eigenvalue weighted by Crippen LogP contribution is 2.26. The summed E-state index contributed by atoms with van der Waals surface area (Å²) in [4.78, 5) is 26.6. The number of aliphatic hydroxyl groups is 5. The molecule has 0 aliphatic carbocycles. The molecule has 1 aliphatic heterocycles. The van der Waals surface area contributed by atoms with Crippen LogP contribution in [0, 0.1) is 0 Å². The number of hydrogen-bond acceptors (Lipinski definition) is 10. The van der Waals surface area contributed by atoms with Gasteiger partial charge in [0.1, 0.15) is 24.4 Å². The van der Waals surface area contributed by atoms with E-state index in [0.29, 0.717) is 12.8 Å². The summed E-state index contributed by atoms with van der Waals surface area (Å²) >= 11 is 0. The fraction of sp³-hybridized carbons (Fsp3) is 0.826. The van der Waals surface area contributed by atoms with E-state index in [1.165, 1.54) is 180 Å². The molecule has 1 saturated heterocycles. The van der Waals surface area contributed by atoms with Gasteiger partial charge < -0.3 is 45.1 Å². The molecule has 6 N–H and O–H groups in total. The van der Waals surface area contributed by atoms with E-state index in [1.807, 2.05) is 6.08 Å².